The van der Waals surface area contributed by atoms with Gasteiger partial charge in [-0.15, -0.1) is 0 Å². The number of hydrogen-bond acceptors (Lipinski definition) is 3. The third-order valence-electron chi connectivity index (χ3n) is 4.46. The molecule has 0 saturated carbocycles. The number of pyridine rings is 1. The second kappa shape index (κ2) is 5.26. The number of nitrogens with one attached hydrogen (secondary N) is 1. The molecule has 0 aliphatic carbocycles. The van der Waals surface area contributed by atoms with Crippen molar-refractivity contribution in [1.82, 2.24) is 14.9 Å². The number of hydrogen-bond donors (Lipinski definition) is 1. The highest BCUT2D eigenvalue weighted by atomic mass is 32.2. The molecule has 1 unspecified atom stereocenters. The van der Waals surface area contributed by atoms with Gasteiger partial charge in [-0.25, -0.2) is 4.98 Å². The van der Waals surface area contributed by atoms with Crippen LogP contribution in [0.5, 0.6) is 0 Å². The Hall–Kier alpha value is -1.26. The summed E-state index contributed by atoms with van der Waals surface area (Å²) in [6.07, 6.45) is 8.90. The molecule has 2 aliphatic heterocycles. The largest absolute Gasteiger partial charge is 0.346 e. The van der Waals surface area contributed by atoms with E-state index < -0.39 is 0 Å². The lowest BCUT2D eigenvalue weighted by atomic mass is 9.98. The van der Waals surface area contributed by atoms with Crippen LogP contribution in [-0.2, 0) is 0 Å². The average molecular weight is 285 g/mol. The molecule has 4 rings (SSSR count). The summed E-state index contributed by atoms with van der Waals surface area (Å²) in [6, 6.07) is 4.99. The van der Waals surface area contributed by atoms with Crippen LogP contribution in [0.25, 0.3) is 16.6 Å². The van der Waals surface area contributed by atoms with E-state index in [0.29, 0.717) is 0 Å². The van der Waals surface area contributed by atoms with Crippen molar-refractivity contribution in [2.24, 2.45) is 0 Å². The van der Waals surface area contributed by atoms with Crippen molar-refractivity contribution in [2.75, 3.05) is 24.6 Å². The van der Waals surface area contributed by atoms with Crippen LogP contribution in [-0.4, -0.2) is 45.5 Å². The summed E-state index contributed by atoms with van der Waals surface area (Å²) < 4.78 is 0. The molecule has 1 N–H and O–H groups in total. The molecule has 1 fully saturated rings. The number of nitrogens with zero attached hydrogens (tertiary/aromatic N) is 2. The van der Waals surface area contributed by atoms with E-state index in [4.69, 9.17) is 0 Å². The van der Waals surface area contributed by atoms with Gasteiger partial charge >= 0.3 is 0 Å². The van der Waals surface area contributed by atoms with Crippen molar-refractivity contribution in [3.05, 3.63) is 36.2 Å². The minimum absolute atomic E-state index is 0.808. The first-order valence-electron chi connectivity index (χ1n) is 7.35. The van der Waals surface area contributed by atoms with E-state index in [2.05, 4.69) is 45.0 Å². The summed E-state index contributed by atoms with van der Waals surface area (Å²) in [7, 11) is 0. The highest BCUT2D eigenvalue weighted by molar-refractivity contribution is 7.99. The summed E-state index contributed by atoms with van der Waals surface area (Å²) in [5.41, 5.74) is 3.82. The maximum Gasteiger partial charge on any atom is 0.137 e. The van der Waals surface area contributed by atoms with Crippen LogP contribution in [0, 0.1) is 0 Å². The van der Waals surface area contributed by atoms with Crippen LogP contribution < -0.4 is 0 Å². The van der Waals surface area contributed by atoms with Gasteiger partial charge in [-0.2, -0.15) is 11.8 Å². The number of thioether (sulfide) groups is 1. The molecule has 2 aromatic heterocycles. The van der Waals surface area contributed by atoms with Gasteiger partial charge in [0.25, 0.3) is 0 Å². The lowest BCUT2D eigenvalue weighted by molar-refractivity contribution is 0.235. The smallest absolute Gasteiger partial charge is 0.137 e. The molecule has 2 aliphatic rings. The van der Waals surface area contributed by atoms with Crippen LogP contribution in [0.2, 0.25) is 0 Å². The normalized spacial score (nSPS) is 24.2. The second-order valence-corrected chi connectivity index (χ2v) is 6.74. The van der Waals surface area contributed by atoms with E-state index in [1.807, 2.05) is 12.3 Å². The predicted molar refractivity (Wildman–Crippen MR) is 86.0 cm³/mol. The fourth-order valence-electron chi connectivity index (χ4n) is 3.29. The van der Waals surface area contributed by atoms with Crippen LogP contribution in [0.4, 0.5) is 0 Å². The second-order valence-electron chi connectivity index (χ2n) is 5.59. The number of fused-ring (bicyclic) bond motifs is 1. The van der Waals surface area contributed by atoms with Gasteiger partial charge in [-0.05, 0) is 36.3 Å². The van der Waals surface area contributed by atoms with Gasteiger partial charge in [-0.3, -0.25) is 4.90 Å². The number of H-pyrrole nitrogens is 1. The molecule has 104 valence electrons. The molecule has 0 aromatic carbocycles. The average Bonchev–Trinajstić information content (AvgIpc) is 3.17. The van der Waals surface area contributed by atoms with Gasteiger partial charge in [0.15, 0.2) is 0 Å². The first-order valence-corrected chi connectivity index (χ1v) is 8.50. The quantitative estimate of drug-likeness (QED) is 0.920. The van der Waals surface area contributed by atoms with Crippen LogP contribution in [0.1, 0.15) is 18.4 Å². The topological polar surface area (TPSA) is 31.9 Å². The SMILES string of the molecule is C1=C(c2c[nH]c3ncccc23)CCN(C2CCSC2)C1. The molecule has 4 heterocycles. The Morgan fingerprint density at radius 2 is 2.40 bits per heavy atom. The fraction of sp³-hybridized carbons (Fsp3) is 0.438. The molecule has 20 heavy (non-hydrogen) atoms. The highest BCUT2D eigenvalue weighted by Gasteiger charge is 2.25. The molecule has 3 nitrogen and oxygen atoms in total. The molecule has 1 saturated heterocycles. The van der Waals surface area contributed by atoms with E-state index in [1.54, 1.807) is 0 Å². The third-order valence-corrected chi connectivity index (χ3v) is 5.60. The zero-order valence-electron chi connectivity index (χ0n) is 11.5. The summed E-state index contributed by atoms with van der Waals surface area (Å²) in [6.45, 7) is 2.30. The summed E-state index contributed by atoms with van der Waals surface area (Å²) in [4.78, 5) is 10.3. The Morgan fingerprint density at radius 3 is 3.20 bits per heavy atom. The van der Waals surface area contributed by atoms with Crippen molar-refractivity contribution in [3.63, 3.8) is 0 Å². The monoisotopic (exact) mass is 285 g/mol. The minimum atomic E-state index is 0.808. The van der Waals surface area contributed by atoms with Crippen molar-refractivity contribution in [3.8, 4) is 0 Å². The van der Waals surface area contributed by atoms with E-state index in [0.717, 1.165) is 24.7 Å². The van der Waals surface area contributed by atoms with Crippen LogP contribution >= 0.6 is 11.8 Å². The number of rotatable bonds is 2. The summed E-state index contributed by atoms with van der Waals surface area (Å²) in [5, 5.41) is 1.25. The van der Waals surface area contributed by atoms with Crippen LogP contribution in [0.3, 0.4) is 0 Å². The Kier molecular flexibility index (Phi) is 3.28. The Labute approximate surface area is 123 Å². The van der Waals surface area contributed by atoms with E-state index in [9.17, 15) is 0 Å². The molecule has 2 aromatic rings. The van der Waals surface area contributed by atoms with Gasteiger partial charge in [-0.1, -0.05) is 6.08 Å². The zero-order chi connectivity index (χ0) is 13.4. The Bertz CT molecular complexity index is 640. The highest BCUT2D eigenvalue weighted by Crippen LogP contribution is 2.30. The fourth-order valence-corrected chi connectivity index (χ4v) is 4.55. The first kappa shape index (κ1) is 12.5. The minimum Gasteiger partial charge on any atom is -0.346 e. The van der Waals surface area contributed by atoms with Gasteiger partial charge in [0.1, 0.15) is 5.65 Å². The molecular weight excluding hydrogens is 266 g/mol. The predicted octanol–water partition coefficient (Wildman–Crippen LogP) is 3.16. The summed E-state index contributed by atoms with van der Waals surface area (Å²) in [5.74, 6) is 2.66. The van der Waals surface area contributed by atoms with Crippen molar-refractivity contribution in [2.45, 2.75) is 18.9 Å². The third kappa shape index (κ3) is 2.17. The van der Waals surface area contributed by atoms with Crippen molar-refractivity contribution < 1.29 is 0 Å². The molecule has 0 radical (unpaired) electrons. The number of aromatic amines is 1. The van der Waals surface area contributed by atoms with Gasteiger partial charge < -0.3 is 4.98 Å². The molecular formula is C16H19N3S. The van der Waals surface area contributed by atoms with Gasteiger partial charge in [0.05, 0.1) is 0 Å². The molecule has 1 atom stereocenters. The zero-order valence-corrected chi connectivity index (χ0v) is 12.3. The van der Waals surface area contributed by atoms with E-state index >= 15 is 0 Å². The molecule has 0 spiro atoms. The standard InChI is InChI=1S/C16H19N3S/c1-2-14-15(10-18-16(14)17-6-1)12-3-7-19(8-4-12)13-5-9-20-11-13/h1-3,6,10,13H,4-5,7-9,11H2,(H,17,18). The molecule has 0 bridgehead atoms. The summed E-state index contributed by atoms with van der Waals surface area (Å²) >= 11 is 2.10. The van der Waals surface area contributed by atoms with Gasteiger partial charge in [0, 0.05) is 48.2 Å². The van der Waals surface area contributed by atoms with E-state index in [1.165, 1.54) is 41.0 Å². The Balaban J connectivity index is 1.58. The molecule has 0 amide bonds. The molecule has 4 heteroatoms. The lowest BCUT2D eigenvalue weighted by Crippen LogP contribution is -2.38. The van der Waals surface area contributed by atoms with Crippen molar-refractivity contribution in [1.29, 1.82) is 0 Å². The van der Waals surface area contributed by atoms with E-state index in [-0.39, 0.29) is 0 Å². The Morgan fingerprint density at radius 1 is 1.40 bits per heavy atom. The first-order chi connectivity index (χ1) is 9.92. The van der Waals surface area contributed by atoms with Crippen LogP contribution in [0.15, 0.2) is 30.6 Å². The van der Waals surface area contributed by atoms with Gasteiger partial charge in [0.2, 0.25) is 0 Å². The van der Waals surface area contributed by atoms with Crippen molar-refractivity contribution >= 4 is 28.4 Å². The maximum atomic E-state index is 4.38. The number of aromatic nitrogens is 2. The lowest BCUT2D eigenvalue weighted by Gasteiger charge is -2.31. The maximum absolute atomic E-state index is 4.38.